The normalized spacial score (nSPS) is 12.1. The third kappa shape index (κ3) is 4.80. The molecule has 38 heavy (non-hydrogen) atoms. The van der Waals surface area contributed by atoms with Gasteiger partial charge in [0.2, 0.25) is 0 Å². The third-order valence-electron chi connectivity index (χ3n) is 6.00. The lowest BCUT2D eigenvalue weighted by molar-refractivity contribution is -0.137. The first-order chi connectivity index (χ1) is 18.1. The van der Waals surface area contributed by atoms with Gasteiger partial charge >= 0.3 is 6.18 Å². The van der Waals surface area contributed by atoms with Crippen LogP contribution in [0.1, 0.15) is 11.3 Å². The highest BCUT2D eigenvalue weighted by Gasteiger charge is 2.30. The van der Waals surface area contributed by atoms with Gasteiger partial charge in [0.1, 0.15) is 17.8 Å². The number of fused-ring (bicyclic) bond motifs is 1. The van der Waals surface area contributed by atoms with Crippen LogP contribution in [0, 0.1) is 0 Å². The number of rotatable bonds is 6. The van der Waals surface area contributed by atoms with Crippen LogP contribution >= 0.6 is 0 Å². The Kier molecular flexibility index (Phi) is 6.31. The molecule has 3 aromatic carbocycles. The van der Waals surface area contributed by atoms with E-state index in [-0.39, 0.29) is 22.0 Å². The van der Waals surface area contributed by atoms with Crippen LogP contribution in [0.15, 0.2) is 99.3 Å². The minimum absolute atomic E-state index is 0.0304. The van der Waals surface area contributed by atoms with E-state index in [0.717, 1.165) is 12.1 Å². The summed E-state index contributed by atoms with van der Waals surface area (Å²) in [6.07, 6.45) is -3.23. The zero-order chi connectivity index (χ0) is 27.1. The van der Waals surface area contributed by atoms with Gasteiger partial charge in [0.15, 0.2) is 9.84 Å². The zero-order valence-corrected chi connectivity index (χ0v) is 20.6. The molecule has 0 aliphatic rings. The van der Waals surface area contributed by atoms with Crippen molar-refractivity contribution < 1.29 is 30.8 Å². The van der Waals surface area contributed by atoms with Crippen molar-refractivity contribution in [3.8, 4) is 22.6 Å². The number of alkyl halides is 3. The molecule has 11 heteroatoms. The van der Waals surface area contributed by atoms with Crippen LogP contribution in [0.4, 0.5) is 13.2 Å². The Morgan fingerprint density at radius 1 is 0.947 bits per heavy atom. The monoisotopic (exact) mass is 540 g/mol. The van der Waals surface area contributed by atoms with Crippen molar-refractivity contribution in [2.75, 3.05) is 7.11 Å². The number of ether oxygens (including phenoxy) is 1. The minimum atomic E-state index is -4.51. The highest BCUT2D eigenvalue weighted by atomic mass is 32.2. The van der Waals surface area contributed by atoms with Gasteiger partial charge in [-0.05, 0) is 59.7 Å². The average molecular weight is 541 g/mol. The highest BCUT2D eigenvalue weighted by Crippen LogP contribution is 2.35. The smallest absolute Gasteiger partial charge is 0.416 e. The number of sulfone groups is 1. The minimum Gasteiger partial charge on any atom is -0.495 e. The predicted octanol–water partition coefficient (Wildman–Crippen LogP) is 5.65. The molecule has 2 heterocycles. The molecule has 0 radical (unpaired) electrons. The standard InChI is InChI=1S/C27H19F3N2O5S/c1-36-25-9-5-18(17-3-2-4-20(13-17)27(28,29)30)15-24(25)32-23-8-7-22(14-19(23)6-10-26(32)33)38(34,35)16-21-11-12-37-31-21/h2-15H,16H2,1H3. The molecule has 0 aliphatic heterocycles. The summed E-state index contributed by atoms with van der Waals surface area (Å²) in [5.41, 5.74) is 0.435. The fourth-order valence-corrected chi connectivity index (χ4v) is 5.46. The molecular formula is C27H19F3N2O5S. The maximum atomic E-state index is 13.3. The van der Waals surface area contributed by atoms with Crippen LogP contribution in [0.25, 0.3) is 27.7 Å². The number of aromatic nitrogens is 2. The highest BCUT2D eigenvalue weighted by molar-refractivity contribution is 7.90. The van der Waals surface area contributed by atoms with E-state index < -0.39 is 27.1 Å². The van der Waals surface area contributed by atoms with Crippen LogP contribution in [0.2, 0.25) is 0 Å². The first-order valence-corrected chi connectivity index (χ1v) is 12.9. The molecule has 0 unspecified atom stereocenters. The summed E-state index contributed by atoms with van der Waals surface area (Å²) in [4.78, 5) is 13.1. The lowest BCUT2D eigenvalue weighted by atomic mass is 10.0. The Morgan fingerprint density at radius 3 is 2.45 bits per heavy atom. The van der Waals surface area contributed by atoms with Gasteiger partial charge in [0.25, 0.3) is 5.56 Å². The lowest BCUT2D eigenvalue weighted by Crippen LogP contribution is -2.18. The van der Waals surface area contributed by atoms with Gasteiger partial charge in [-0.1, -0.05) is 23.4 Å². The molecule has 0 bridgehead atoms. The van der Waals surface area contributed by atoms with Crippen LogP contribution in [0.5, 0.6) is 5.75 Å². The summed E-state index contributed by atoms with van der Waals surface area (Å²) in [7, 11) is -2.35. The zero-order valence-electron chi connectivity index (χ0n) is 19.8. The van der Waals surface area contributed by atoms with E-state index in [0.29, 0.717) is 27.8 Å². The van der Waals surface area contributed by atoms with Crippen molar-refractivity contribution in [2.45, 2.75) is 16.8 Å². The molecule has 194 valence electrons. The van der Waals surface area contributed by atoms with Crippen LogP contribution in [0.3, 0.4) is 0 Å². The first kappa shape index (κ1) is 25.3. The third-order valence-corrected chi connectivity index (χ3v) is 7.64. The Hall–Kier alpha value is -4.38. The quantitative estimate of drug-likeness (QED) is 0.277. The van der Waals surface area contributed by atoms with Gasteiger partial charge in [-0.15, -0.1) is 0 Å². The Morgan fingerprint density at radius 2 is 1.74 bits per heavy atom. The molecule has 0 fully saturated rings. The number of methoxy groups -OCH3 is 1. The summed E-state index contributed by atoms with van der Waals surface area (Å²) >= 11 is 0. The van der Waals surface area contributed by atoms with Crippen LogP contribution < -0.4 is 10.3 Å². The number of nitrogens with zero attached hydrogens (tertiary/aromatic N) is 2. The number of hydrogen-bond acceptors (Lipinski definition) is 6. The topological polar surface area (TPSA) is 91.4 Å². The number of hydrogen-bond donors (Lipinski definition) is 0. The molecule has 0 aliphatic carbocycles. The largest absolute Gasteiger partial charge is 0.495 e. The Bertz CT molecular complexity index is 1810. The maximum absolute atomic E-state index is 13.3. The van der Waals surface area contributed by atoms with Crippen LogP contribution in [-0.2, 0) is 21.8 Å². The Balaban J connectivity index is 1.64. The molecule has 0 spiro atoms. The van der Waals surface area contributed by atoms with Crippen molar-refractivity contribution in [2.24, 2.45) is 0 Å². The number of pyridine rings is 1. The predicted molar refractivity (Wildman–Crippen MR) is 134 cm³/mol. The average Bonchev–Trinajstić information content (AvgIpc) is 3.40. The summed E-state index contributed by atoms with van der Waals surface area (Å²) in [5, 5.41) is 4.11. The fraction of sp³-hybridized carbons (Fsp3) is 0.111. The van der Waals surface area contributed by atoms with E-state index in [1.807, 2.05) is 0 Å². The SMILES string of the molecule is COc1ccc(-c2cccc(C(F)(F)F)c2)cc1-n1c(=O)ccc2cc(S(=O)(=O)Cc3ccon3)ccc21. The second kappa shape index (κ2) is 9.49. The van der Waals surface area contributed by atoms with Crippen molar-refractivity contribution in [1.29, 1.82) is 0 Å². The van der Waals surface area contributed by atoms with E-state index in [2.05, 4.69) is 5.16 Å². The molecule has 0 saturated heterocycles. The van der Waals surface area contributed by atoms with Gasteiger partial charge in [-0.25, -0.2) is 8.42 Å². The fourth-order valence-electron chi connectivity index (χ4n) is 4.18. The summed E-state index contributed by atoms with van der Waals surface area (Å²) < 4.78 is 77.2. The van der Waals surface area contributed by atoms with Crippen molar-refractivity contribution >= 4 is 20.7 Å². The van der Waals surface area contributed by atoms with Crippen molar-refractivity contribution in [3.63, 3.8) is 0 Å². The number of benzene rings is 3. The Labute approximate surface area is 214 Å². The first-order valence-electron chi connectivity index (χ1n) is 11.2. The van der Waals surface area contributed by atoms with Gasteiger partial charge in [-0.2, -0.15) is 13.2 Å². The van der Waals surface area contributed by atoms with Gasteiger partial charge in [0, 0.05) is 17.5 Å². The van der Waals surface area contributed by atoms with E-state index in [9.17, 15) is 26.4 Å². The molecular weight excluding hydrogens is 521 g/mol. The van der Waals surface area contributed by atoms with Gasteiger partial charge in [0.05, 0.1) is 34.5 Å². The van der Waals surface area contributed by atoms with Crippen LogP contribution in [-0.4, -0.2) is 25.3 Å². The molecule has 0 amide bonds. The molecule has 5 rings (SSSR count). The maximum Gasteiger partial charge on any atom is 0.416 e. The molecule has 5 aromatic rings. The van der Waals surface area contributed by atoms with E-state index in [1.54, 1.807) is 24.3 Å². The lowest BCUT2D eigenvalue weighted by Gasteiger charge is -2.16. The summed E-state index contributed by atoms with van der Waals surface area (Å²) in [6.45, 7) is 0. The summed E-state index contributed by atoms with van der Waals surface area (Å²) in [5.74, 6) is -0.0559. The second-order valence-electron chi connectivity index (χ2n) is 8.44. The molecule has 2 aromatic heterocycles. The molecule has 0 atom stereocenters. The van der Waals surface area contributed by atoms with Gasteiger partial charge in [-0.3, -0.25) is 9.36 Å². The van der Waals surface area contributed by atoms with Crippen molar-refractivity contribution in [1.82, 2.24) is 9.72 Å². The van der Waals surface area contributed by atoms with E-state index in [1.165, 1.54) is 60.4 Å². The van der Waals surface area contributed by atoms with Crippen molar-refractivity contribution in [3.05, 3.63) is 107 Å². The summed E-state index contributed by atoms with van der Waals surface area (Å²) in [6, 6.07) is 18.2. The second-order valence-corrected chi connectivity index (χ2v) is 10.4. The van der Waals surface area contributed by atoms with E-state index in [4.69, 9.17) is 9.26 Å². The van der Waals surface area contributed by atoms with Gasteiger partial charge < -0.3 is 9.26 Å². The number of halogens is 3. The van der Waals surface area contributed by atoms with E-state index >= 15 is 0 Å². The molecule has 0 N–H and O–H groups in total. The molecule has 0 saturated carbocycles. The molecule has 7 nitrogen and oxygen atoms in total.